The van der Waals surface area contributed by atoms with Crippen LogP contribution in [-0.2, 0) is 11.2 Å². The van der Waals surface area contributed by atoms with E-state index in [9.17, 15) is 15.0 Å². The Morgan fingerprint density at radius 2 is 1.96 bits per heavy atom. The minimum Gasteiger partial charge on any atom is -0.393 e. The van der Waals surface area contributed by atoms with E-state index < -0.39 is 6.10 Å². The number of β-amino-alcohol motifs (C(OH)–C–C–N with tert-alkyl or cyclic N) is 1. The fourth-order valence-electron chi connectivity index (χ4n) is 4.47. The molecule has 1 aliphatic carbocycles. The molecule has 5 nitrogen and oxygen atoms in total. The Kier molecular flexibility index (Phi) is 3.87. The number of hydrogen-bond acceptors (Lipinski definition) is 4. The second-order valence-electron chi connectivity index (χ2n) is 7.34. The average molecular weight is 316 g/mol. The second-order valence-corrected chi connectivity index (χ2v) is 7.34. The molecule has 3 N–H and O–H groups in total. The van der Waals surface area contributed by atoms with Gasteiger partial charge < -0.3 is 15.5 Å². The van der Waals surface area contributed by atoms with Gasteiger partial charge in [-0.2, -0.15) is 0 Å². The van der Waals surface area contributed by atoms with Crippen LogP contribution in [0.15, 0.2) is 18.2 Å². The first-order valence-corrected chi connectivity index (χ1v) is 8.59. The molecule has 0 aromatic heterocycles. The van der Waals surface area contributed by atoms with E-state index >= 15 is 0 Å². The molecule has 2 unspecified atom stereocenters. The number of amides is 1. The Morgan fingerprint density at radius 1 is 1.22 bits per heavy atom. The minimum absolute atomic E-state index is 0.0663. The van der Waals surface area contributed by atoms with Crippen LogP contribution in [0.5, 0.6) is 0 Å². The number of rotatable bonds is 3. The number of nitrogens with zero attached hydrogens (tertiary/aromatic N) is 1. The number of nitrogens with one attached hydrogen (secondary N) is 1. The third-order valence-corrected chi connectivity index (χ3v) is 5.64. The molecule has 1 aromatic carbocycles. The Balaban J connectivity index is 1.40. The summed E-state index contributed by atoms with van der Waals surface area (Å²) in [5.74, 6) is 1.25. The van der Waals surface area contributed by atoms with Crippen molar-refractivity contribution >= 4 is 11.6 Å². The molecule has 2 aliphatic heterocycles. The lowest BCUT2D eigenvalue weighted by molar-refractivity contribution is -0.116. The van der Waals surface area contributed by atoms with Gasteiger partial charge in [-0.1, -0.05) is 12.1 Å². The molecule has 1 amide bonds. The lowest BCUT2D eigenvalue weighted by Gasteiger charge is -2.23. The van der Waals surface area contributed by atoms with Gasteiger partial charge in [-0.15, -0.1) is 0 Å². The van der Waals surface area contributed by atoms with Gasteiger partial charge in [0, 0.05) is 31.7 Å². The highest BCUT2D eigenvalue weighted by Gasteiger charge is 2.40. The summed E-state index contributed by atoms with van der Waals surface area (Å²) >= 11 is 0. The van der Waals surface area contributed by atoms with Crippen molar-refractivity contribution in [1.82, 2.24) is 4.90 Å². The molecule has 23 heavy (non-hydrogen) atoms. The summed E-state index contributed by atoms with van der Waals surface area (Å²) in [4.78, 5) is 13.7. The fraction of sp³-hybridized carbons (Fsp3) is 0.611. The number of aliphatic hydroxyl groups excluding tert-OH is 2. The summed E-state index contributed by atoms with van der Waals surface area (Å²) in [7, 11) is 0. The topological polar surface area (TPSA) is 72.8 Å². The predicted molar refractivity (Wildman–Crippen MR) is 87.0 cm³/mol. The van der Waals surface area contributed by atoms with Crippen LogP contribution < -0.4 is 5.32 Å². The number of anilines is 1. The third-order valence-electron chi connectivity index (χ3n) is 5.64. The van der Waals surface area contributed by atoms with Crippen molar-refractivity contribution in [2.24, 2.45) is 11.8 Å². The summed E-state index contributed by atoms with van der Waals surface area (Å²) in [5, 5.41) is 23.2. The molecule has 2 fully saturated rings. The van der Waals surface area contributed by atoms with Crippen molar-refractivity contribution in [2.45, 2.75) is 37.9 Å². The molecule has 5 heteroatoms. The predicted octanol–water partition coefficient (Wildman–Crippen LogP) is 1.31. The summed E-state index contributed by atoms with van der Waals surface area (Å²) < 4.78 is 0. The van der Waals surface area contributed by atoms with Gasteiger partial charge in [-0.25, -0.2) is 0 Å². The number of hydrogen-bond donors (Lipinski definition) is 3. The normalized spacial score (nSPS) is 31.6. The van der Waals surface area contributed by atoms with Crippen LogP contribution in [0.4, 0.5) is 5.69 Å². The standard InChI is InChI=1S/C18H24N2O3/c21-15-6-13-8-20(9-14(13)7-15)10-17(22)12-1-3-16-11(5-12)2-4-18(23)19-16/h1,3,5,13-15,17,21-22H,2,4,6-10H2,(H,19,23)/t13-,14+,15?,17?. The van der Waals surface area contributed by atoms with E-state index in [0.717, 1.165) is 49.2 Å². The van der Waals surface area contributed by atoms with Gasteiger partial charge in [0.25, 0.3) is 0 Å². The number of aliphatic hydroxyl groups is 2. The van der Waals surface area contributed by atoms with Gasteiger partial charge in [-0.3, -0.25) is 9.69 Å². The maximum absolute atomic E-state index is 11.4. The molecule has 0 spiro atoms. The Hall–Kier alpha value is -1.43. The van der Waals surface area contributed by atoms with E-state index in [4.69, 9.17) is 0 Å². The molecule has 1 saturated carbocycles. The lowest BCUT2D eigenvalue weighted by atomic mass is 9.98. The molecule has 1 saturated heterocycles. The Labute approximate surface area is 136 Å². The third kappa shape index (κ3) is 3.01. The quantitative estimate of drug-likeness (QED) is 0.786. The maximum Gasteiger partial charge on any atom is 0.224 e. The zero-order chi connectivity index (χ0) is 16.0. The van der Waals surface area contributed by atoms with E-state index in [2.05, 4.69) is 10.2 Å². The molecule has 1 aromatic rings. The number of benzene rings is 1. The van der Waals surface area contributed by atoms with Gasteiger partial charge in [0.1, 0.15) is 0 Å². The van der Waals surface area contributed by atoms with Crippen molar-refractivity contribution in [3.63, 3.8) is 0 Å². The van der Waals surface area contributed by atoms with E-state index in [1.54, 1.807) is 0 Å². The van der Waals surface area contributed by atoms with Gasteiger partial charge >= 0.3 is 0 Å². The molecule has 2 heterocycles. The summed E-state index contributed by atoms with van der Waals surface area (Å²) in [6.07, 6.45) is 2.47. The average Bonchev–Trinajstić information content (AvgIpc) is 3.03. The first-order valence-electron chi connectivity index (χ1n) is 8.59. The molecular weight excluding hydrogens is 292 g/mol. The minimum atomic E-state index is -0.498. The SMILES string of the molecule is O=C1CCc2cc(C(O)CN3C[C@H]4CC(O)C[C@H]4C3)ccc2N1. The van der Waals surface area contributed by atoms with Gasteiger partial charge in [0.2, 0.25) is 5.91 Å². The number of fused-ring (bicyclic) bond motifs is 2. The number of carbonyl (C=O) groups is 1. The largest absolute Gasteiger partial charge is 0.393 e. The maximum atomic E-state index is 11.4. The number of likely N-dealkylation sites (tertiary alicyclic amines) is 1. The fourth-order valence-corrected chi connectivity index (χ4v) is 4.47. The van der Waals surface area contributed by atoms with E-state index in [1.165, 1.54) is 0 Å². The Bertz CT molecular complexity index is 604. The van der Waals surface area contributed by atoms with Crippen LogP contribution in [0.3, 0.4) is 0 Å². The summed E-state index contributed by atoms with van der Waals surface area (Å²) in [6, 6.07) is 5.84. The highest BCUT2D eigenvalue weighted by atomic mass is 16.3. The molecule has 0 bridgehead atoms. The van der Waals surface area contributed by atoms with Crippen LogP contribution >= 0.6 is 0 Å². The van der Waals surface area contributed by atoms with E-state index in [0.29, 0.717) is 24.8 Å². The van der Waals surface area contributed by atoms with Crippen LogP contribution in [0.1, 0.15) is 36.5 Å². The first kappa shape index (κ1) is 15.1. The molecule has 0 radical (unpaired) electrons. The van der Waals surface area contributed by atoms with Crippen molar-refractivity contribution < 1.29 is 15.0 Å². The van der Waals surface area contributed by atoms with Gasteiger partial charge in [0.15, 0.2) is 0 Å². The molecule has 124 valence electrons. The van der Waals surface area contributed by atoms with Crippen LogP contribution in [0.25, 0.3) is 0 Å². The second kappa shape index (κ2) is 5.89. The van der Waals surface area contributed by atoms with Crippen molar-refractivity contribution in [3.05, 3.63) is 29.3 Å². The van der Waals surface area contributed by atoms with Crippen molar-refractivity contribution in [1.29, 1.82) is 0 Å². The number of carbonyl (C=O) groups excluding carboxylic acids is 1. The highest BCUT2D eigenvalue weighted by molar-refractivity contribution is 5.93. The molecule has 3 aliphatic rings. The monoisotopic (exact) mass is 316 g/mol. The van der Waals surface area contributed by atoms with E-state index in [1.807, 2.05) is 18.2 Å². The number of aryl methyl sites for hydroxylation is 1. The smallest absolute Gasteiger partial charge is 0.224 e. The molecular formula is C18H24N2O3. The summed E-state index contributed by atoms with van der Waals surface area (Å²) in [5.41, 5.74) is 2.92. The van der Waals surface area contributed by atoms with Gasteiger partial charge in [0.05, 0.1) is 12.2 Å². The van der Waals surface area contributed by atoms with E-state index in [-0.39, 0.29) is 12.0 Å². The summed E-state index contributed by atoms with van der Waals surface area (Å²) in [6.45, 7) is 2.62. The van der Waals surface area contributed by atoms with Crippen LogP contribution in [-0.4, -0.2) is 46.8 Å². The highest BCUT2D eigenvalue weighted by Crippen LogP contribution is 2.38. The van der Waals surface area contributed by atoms with Crippen LogP contribution in [0.2, 0.25) is 0 Å². The van der Waals surface area contributed by atoms with Crippen molar-refractivity contribution in [3.8, 4) is 0 Å². The zero-order valence-electron chi connectivity index (χ0n) is 13.2. The van der Waals surface area contributed by atoms with Crippen LogP contribution in [0, 0.1) is 11.8 Å². The molecule has 4 atom stereocenters. The lowest BCUT2D eigenvalue weighted by Crippen LogP contribution is -2.28. The zero-order valence-corrected chi connectivity index (χ0v) is 13.2. The van der Waals surface area contributed by atoms with Crippen molar-refractivity contribution in [2.75, 3.05) is 25.0 Å². The van der Waals surface area contributed by atoms with Gasteiger partial charge in [-0.05, 0) is 48.3 Å². The molecule has 4 rings (SSSR count). The Morgan fingerprint density at radius 3 is 2.70 bits per heavy atom. The first-order chi connectivity index (χ1) is 11.1.